The average Bonchev–Trinajstić information content (AvgIpc) is 3.89. The maximum Gasteiger partial charge on any atom is 0.0464 e. The van der Waals surface area contributed by atoms with Crippen molar-refractivity contribution in [2.45, 2.75) is 0 Å². The van der Waals surface area contributed by atoms with Crippen LogP contribution in [0.4, 0.5) is 0 Å². The fraction of sp³-hybridized carbons (Fsp3) is 0. The quantitative estimate of drug-likeness (QED) is 0.158. The summed E-state index contributed by atoms with van der Waals surface area (Å²) in [6, 6.07) is 56.7. The highest BCUT2D eigenvalue weighted by Gasteiger charge is 2.20. The molecule has 4 aromatic heterocycles. The van der Waals surface area contributed by atoms with Crippen molar-refractivity contribution in [3.63, 3.8) is 0 Å². The van der Waals surface area contributed by atoms with E-state index in [1.54, 1.807) is 0 Å². The molecule has 47 heavy (non-hydrogen) atoms. The van der Waals surface area contributed by atoms with Crippen LogP contribution in [0.5, 0.6) is 0 Å². The molecule has 6 aromatic carbocycles. The van der Waals surface area contributed by atoms with Crippen LogP contribution in [0.3, 0.4) is 0 Å². The molecule has 0 aliphatic rings. The predicted octanol–water partition coefficient (Wildman–Crippen LogP) is 12.8. The lowest BCUT2D eigenvalue weighted by Crippen LogP contribution is -2.18. The monoisotopic (exact) mass is 688 g/mol. The minimum absolute atomic E-state index is 0.580. The summed E-state index contributed by atoms with van der Waals surface area (Å²) in [5.74, 6) is 0. The summed E-state index contributed by atoms with van der Waals surface area (Å²) in [6.45, 7) is 0. The van der Waals surface area contributed by atoms with E-state index in [2.05, 4.69) is 152 Å². The molecule has 0 unspecified atom stereocenters. The van der Waals surface area contributed by atoms with Gasteiger partial charge in [0.25, 0.3) is 0 Å². The topological polar surface area (TPSA) is 0 Å². The number of fused-ring (bicyclic) bond motifs is 7. The van der Waals surface area contributed by atoms with Crippen molar-refractivity contribution < 1.29 is 0 Å². The van der Waals surface area contributed by atoms with Gasteiger partial charge in [-0.15, -0.1) is 45.3 Å². The van der Waals surface area contributed by atoms with Gasteiger partial charge in [0.15, 0.2) is 0 Å². The molecule has 0 aliphatic carbocycles. The normalized spacial score (nSPS) is 12.0. The number of hydrogen-bond acceptors (Lipinski definition) is 4. The van der Waals surface area contributed by atoms with Crippen molar-refractivity contribution in [1.82, 2.24) is 0 Å². The molecule has 4 heterocycles. The summed E-state index contributed by atoms with van der Waals surface area (Å²) < 4.78 is 9.62. The van der Waals surface area contributed by atoms with Gasteiger partial charge in [-0.1, -0.05) is 97.1 Å². The Labute approximate surface area is 289 Å². The van der Waals surface area contributed by atoms with Crippen molar-refractivity contribution in [2.24, 2.45) is 0 Å². The van der Waals surface area contributed by atoms with Gasteiger partial charge in [0.05, 0.1) is 0 Å². The molecule has 0 N–H and O–H groups in total. The Morgan fingerprint density at radius 2 is 0.809 bits per heavy atom. The first-order valence-corrected chi connectivity index (χ1v) is 20.2. The Balaban J connectivity index is 1.04. The van der Waals surface area contributed by atoms with E-state index in [0.29, 0.717) is 0 Å². The molecule has 0 nitrogen and oxygen atoms in total. The minimum Gasteiger partial charge on any atom is -0.135 e. The van der Waals surface area contributed by atoms with Gasteiger partial charge in [-0.25, -0.2) is 0 Å². The summed E-state index contributed by atoms with van der Waals surface area (Å²) in [5.41, 5.74) is 3.85. The molecule has 0 amide bonds. The van der Waals surface area contributed by atoms with Crippen molar-refractivity contribution in [3.8, 4) is 21.6 Å². The van der Waals surface area contributed by atoms with Gasteiger partial charge in [0, 0.05) is 59.2 Å². The van der Waals surface area contributed by atoms with E-state index in [1.165, 1.54) is 86.5 Å². The van der Waals surface area contributed by atoms with Gasteiger partial charge >= 0.3 is 0 Å². The number of rotatable bonds is 5. The summed E-state index contributed by atoms with van der Waals surface area (Å²) in [4.78, 5) is 1.34. The number of benzene rings is 6. The van der Waals surface area contributed by atoms with Crippen LogP contribution >= 0.6 is 53.3 Å². The van der Waals surface area contributed by atoms with Gasteiger partial charge in [-0.05, 0) is 89.8 Å². The zero-order valence-electron chi connectivity index (χ0n) is 25.0. The Hall–Kier alpha value is -4.15. The summed E-state index contributed by atoms with van der Waals surface area (Å²) in [5, 5.41) is 8.20. The predicted molar refractivity (Wildman–Crippen MR) is 215 cm³/mol. The van der Waals surface area contributed by atoms with E-state index in [1.807, 2.05) is 45.3 Å². The molecule has 0 aliphatic heterocycles. The van der Waals surface area contributed by atoms with Gasteiger partial charge < -0.3 is 0 Å². The van der Waals surface area contributed by atoms with E-state index in [4.69, 9.17) is 0 Å². The highest BCUT2D eigenvalue weighted by Crippen LogP contribution is 2.44. The molecule has 0 fully saturated rings. The Morgan fingerprint density at radius 1 is 0.319 bits per heavy atom. The fourth-order valence-electron chi connectivity index (χ4n) is 6.65. The van der Waals surface area contributed by atoms with Crippen LogP contribution in [0.1, 0.15) is 0 Å². The lowest BCUT2D eigenvalue weighted by molar-refractivity contribution is 1.72. The maximum atomic E-state index is 2.46. The smallest absolute Gasteiger partial charge is 0.0464 e. The number of thiophene rings is 4. The first-order chi connectivity index (χ1) is 23.2. The van der Waals surface area contributed by atoms with Crippen LogP contribution in [0.25, 0.3) is 71.3 Å². The molecule has 5 heteroatoms. The second kappa shape index (κ2) is 11.2. The molecule has 0 radical (unpaired) electrons. The van der Waals surface area contributed by atoms with Crippen LogP contribution in [0.2, 0.25) is 0 Å². The Bertz CT molecular complexity index is 2670. The first-order valence-electron chi connectivity index (χ1n) is 15.6. The van der Waals surface area contributed by atoms with Crippen molar-refractivity contribution in [3.05, 3.63) is 152 Å². The molecular weight excluding hydrogens is 664 g/mol. The van der Waals surface area contributed by atoms with Crippen LogP contribution in [0, 0.1) is 0 Å². The van der Waals surface area contributed by atoms with Gasteiger partial charge in [0.2, 0.25) is 0 Å². The van der Waals surface area contributed by atoms with E-state index in [-0.39, 0.29) is 0 Å². The zero-order valence-corrected chi connectivity index (χ0v) is 29.2. The van der Waals surface area contributed by atoms with E-state index in [9.17, 15) is 0 Å². The Kier molecular flexibility index (Phi) is 6.67. The second-order valence-electron chi connectivity index (χ2n) is 11.8. The molecule has 0 bridgehead atoms. The SMILES string of the molecule is c1ccc(P(c2ccccc2)c2cc3sc(-c4ccc5sc6ccc(-c7ccc8sc9ccccc9c8c7)cc6c5c4)cc3s2)cc1. The molecule has 222 valence electrons. The Morgan fingerprint density at radius 3 is 1.43 bits per heavy atom. The van der Waals surface area contributed by atoms with Crippen LogP contribution in [0.15, 0.2) is 152 Å². The van der Waals surface area contributed by atoms with Gasteiger partial charge in [-0.2, -0.15) is 0 Å². The average molecular weight is 689 g/mol. The second-order valence-corrected chi connectivity index (χ2v) is 18.6. The van der Waals surface area contributed by atoms with Crippen LogP contribution in [-0.2, 0) is 0 Å². The summed E-state index contributed by atoms with van der Waals surface area (Å²) in [7, 11) is -0.580. The van der Waals surface area contributed by atoms with E-state index < -0.39 is 7.92 Å². The third-order valence-corrected chi connectivity index (χ3v) is 16.4. The van der Waals surface area contributed by atoms with E-state index >= 15 is 0 Å². The van der Waals surface area contributed by atoms with Crippen molar-refractivity contribution >= 4 is 118 Å². The van der Waals surface area contributed by atoms with Crippen LogP contribution < -0.4 is 15.2 Å². The van der Waals surface area contributed by atoms with Crippen molar-refractivity contribution in [1.29, 1.82) is 0 Å². The minimum atomic E-state index is -0.580. The fourth-order valence-corrected chi connectivity index (χ4v) is 14.3. The first kappa shape index (κ1) is 27.9. The van der Waals surface area contributed by atoms with Crippen LogP contribution in [-0.4, -0.2) is 0 Å². The van der Waals surface area contributed by atoms with Gasteiger partial charge in [-0.3, -0.25) is 0 Å². The highest BCUT2D eigenvalue weighted by molar-refractivity contribution is 7.84. The van der Waals surface area contributed by atoms with Crippen molar-refractivity contribution in [2.75, 3.05) is 0 Å². The molecule has 0 spiro atoms. The lowest BCUT2D eigenvalue weighted by atomic mass is 10.0. The van der Waals surface area contributed by atoms with E-state index in [0.717, 1.165) is 0 Å². The zero-order chi connectivity index (χ0) is 30.9. The number of hydrogen-bond donors (Lipinski definition) is 0. The summed E-state index contributed by atoms with van der Waals surface area (Å²) >= 11 is 7.65. The standard InChI is InChI=1S/C42H25PS4/c1-3-9-29(10-4-1)43(30-11-5-2-6-12-30)42-25-41-40(47-42)24-39(46-41)28-17-20-38-34(23-28)33-22-27(16-19-37(33)45-38)26-15-18-36-32(21-26)31-13-7-8-14-35(31)44-36/h1-25H. The molecule has 10 aromatic rings. The molecular formula is C42H25PS4. The largest absolute Gasteiger partial charge is 0.135 e. The highest BCUT2D eigenvalue weighted by atomic mass is 32.1. The third-order valence-electron chi connectivity index (χ3n) is 8.91. The summed E-state index contributed by atoms with van der Waals surface area (Å²) in [6.07, 6.45) is 0. The maximum absolute atomic E-state index is 2.46. The third kappa shape index (κ3) is 4.79. The molecule has 0 saturated heterocycles. The lowest BCUT2D eigenvalue weighted by Gasteiger charge is -2.16. The molecule has 0 atom stereocenters. The molecule has 0 saturated carbocycles. The molecule has 10 rings (SSSR count). The van der Waals surface area contributed by atoms with Gasteiger partial charge in [0.1, 0.15) is 0 Å².